The van der Waals surface area contributed by atoms with Gasteiger partial charge in [-0.1, -0.05) is 45.4 Å². The Morgan fingerprint density at radius 3 is 1.89 bits per heavy atom. The third-order valence-corrected chi connectivity index (χ3v) is 3.85. The zero-order chi connectivity index (χ0) is 13.7. The molecule has 0 amide bonds. The van der Waals surface area contributed by atoms with Crippen molar-refractivity contribution < 1.29 is 0 Å². The molecule has 0 fully saturated rings. The van der Waals surface area contributed by atoms with E-state index in [1.54, 1.807) is 0 Å². The molecule has 0 spiro atoms. The third-order valence-electron chi connectivity index (χ3n) is 3.76. The smallest absolute Gasteiger partial charge is 0.0809 e. The fraction of sp³-hybridized carbons (Fsp3) is 0.562. The second-order valence-corrected chi connectivity index (χ2v) is 5.30. The van der Waals surface area contributed by atoms with Crippen molar-refractivity contribution in [1.29, 1.82) is 0 Å². The van der Waals surface area contributed by atoms with Crippen LogP contribution in [0.4, 0.5) is 5.69 Å². The van der Waals surface area contributed by atoms with Gasteiger partial charge < -0.3 is 0 Å². The molecule has 1 aromatic carbocycles. The molecular formula is C16H23NS. The van der Waals surface area contributed by atoms with Gasteiger partial charge in [0.15, 0.2) is 0 Å². The monoisotopic (exact) mass is 261 g/mol. The number of hydrogen-bond acceptors (Lipinski definition) is 2. The molecule has 0 aliphatic heterocycles. The van der Waals surface area contributed by atoms with E-state index in [9.17, 15) is 0 Å². The summed E-state index contributed by atoms with van der Waals surface area (Å²) in [5, 5.41) is 2.55. The molecule has 1 aromatic rings. The molecule has 0 radical (unpaired) electrons. The Morgan fingerprint density at radius 2 is 1.56 bits per heavy atom. The van der Waals surface area contributed by atoms with Crippen molar-refractivity contribution in [3.05, 3.63) is 28.8 Å². The zero-order valence-electron chi connectivity index (χ0n) is 12.1. The van der Waals surface area contributed by atoms with Crippen molar-refractivity contribution >= 4 is 23.1 Å². The first-order chi connectivity index (χ1) is 8.54. The molecule has 2 heteroatoms. The molecule has 18 heavy (non-hydrogen) atoms. The lowest BCUT2D eigenvalue weighted by Crippen LogP contribution is -2.00. The number of hydrogen-bond donors (Lipinski definition) is 0. The lowest BCUT2D eigenvalue weighted by Gasteiger charge is -2.19. The highest BCUT2D eigenvalue weighted by Crippen LogP contribution is 2.37. The van der Waals surface area contributed by atoms with Crippen LogP contribution >= 0.6 is 12.2 Å². The minimum absolute atomic E-state index is 0.509. The average molecular weight is 261 g/mol. The quantitative estimate of drug-likeness (QED) is 0.485. The van der Waals surface area contributed by atoms with Gasteiger partial charge in [0, 0.05) is 0 Å². The molecule has 0 heterocycles. The largest absolute Gasteiger partial charge is 0.194 e. The summed E-state index contributed by atoms with van der Waals surface area (Å²) in [6.45, 7) is 11.1. The Kier molecular flexibility index (Phi) is 5.71. The summed E-state index contributed by atoms with van der Waals surface area (Å²) < 4.78 is 0. The highest BCUT2D eigenvalue weighted by atomic mass is 32.1. The van der Waals surface area contributed by atoms with Crippen LogP contribution in [0.5, 0.6) is 0 Å². The van der Waals surface area contributed by atoms with E-state index in [0.717, 1.165) is 18.5 Å². The van der Waals surface area contributed by atoms with Crippen molar-refractivity contribution in [3.63, 3.8) is 0 Å². The van der Waals surface area contributed by atoms with Gasteiger partial charge in [-0.25, -0.2) is 0 Å². The normalized spacial score (nSPS) is 13.8. The number of thiocarbonyl (C=S) groups is 1. The standard InChI is InChI=1S/C16H23NS/c1-6-12(4)14-8-11(3)9-15(13(5)7-2)16(14)17-10-18/h8-9,12-13H,6-7H2,1-5H3. The number of rotatable bonds is 5. The molecule has 0 aliphatic carbocycles. The van der Waals surface area contributed by atoms with Crippen LogP contribution in [-0.2, 0) is 0 Å². The van der Waals surface area contributed by atoms with Crippen molar-refractivity contribution in [2.75, 3.05) is 0 Å². The maximum absolute atomic E-state index is 4.82. The van der Waals surface area contributed by atoms with Crippen LogP contribution < -0.4 is 0 Å². The first kappa shape index (κ1) is 15.1. The van der Waals surface area contributed by atoms with Gasteiger partial charge in [-0.3, -0.25) is 0 Å². The third kappa shape index (κ3) is 3.28. The van der Waals surface area contributed by atoms with Gasteiger partial charge >= 0.3 is 0 Å². The summed E-state index contributed by atoms with van der Waals surface area (Å²) in [5.74, 6) is 1.02. The lowest BCUT2D eigenvalue weighted by atomic mass is 9.87. The number of aliphatic imine (C=N–C) groups is 1. The molecule has 2 unspecified atom stereocenters. The SMILES string of the molecule is CCC(C)c1cc(C)cc(C(C)CC)c1N=C=S. The van der Waals surface area contributed by atoms with Gasteiger partial charge in [-0.2, -0.15) is 4.99 Å². The minimum Gasteiger partial charge on any atom is -0.194 e. The van der Waals surface area contributed by atoms with Crippen molar-refractivity contribution in [2.24, 2.45) is 4.99 Å². The van der Waals surface area contributed by atoms with Crippen LogP contribution in [0.15, 0.2) is 17.1 Å². The molecule has 2 atom stereocenters. The van der Waals surface area contributed by atoms with E-state index in [2.05, 4.69) is 56.9 Å². The van der Waals surface area contributed by atoms with E-state index in [0.29, 0.717) is 11.8 Å². The lowest BCUT2D eigenvalue weighted by molar-refractivity contribution is 0.711. The number of benzene rings is 1. The van der Waals surface area contributed by atoms with Crippen molar-refractivity contribution in [2.45, 2.75) is 59.3 Å². The van der Waals surface area contributed by atoms with E-state index in [-0.39, 0.29) is 0 Å². The van der Waals surface area contributed by atoms with Gasteiger partial charge in [0.1, 0.15) is 0 Å². The van der Waals surface area contributed by atoms with Gasteiger partial charge in [0.05, 0.1) is 10.8 Å². The highest BCUT2D eigenvalue weighted by molar-refractivity contribution is 7.78. The summed E-state index contributed by atoms with van der Waals surface area (Å²) in [6, 6.07) is 4.48. The summed E-state index contributed by atoms with van der Waals surface area (Å²) in [6.07, 6.45) is 2.23. The van der Waals surface area contributed by atoms with Crippen molar-refractivity contribution in [3.8, 4) is 0 Å². The zero-order valence-corrected chi connectivity index (χ0v) is 12.9. The number of aryl methyl sites for hydroxylation is 1. The van der Waals surface area contributed by atoms with Crippen LogP contribution in [0, 0.1) is 6.92 Å². The predicted octanol–water partition coefficient (Wildman–Crippen LogP) is 5.76. The first-order valence-electron chi connectivity index (χ1n) is 6.77. The van der Waals surface area contributed by atoms with Gasteiger partial charge in [0.2, 0.25) is 0 Å². The molecule has 0 aliphatic rings. The van der Waals surface area contributed by atoms with E-state index >= 15 is 0 Å². The molecule has 0 N–H and O–H groups in total. The van der Waals surface area contributed by atoms with Crippen LogP contribution in [0.25, 0.3) is 0 Å². The van der Waals surface area contributed by atoms with Gasteiger partial charge in [0.25, 0.3) is 0 Å². The second-order valence-electron chi connectivity index (χ2n) is 5.11. The summed E-state index contributed by atoms with van der Waals surface area (Å²) >= 11 is 4.82. The number of isothiocyanates is 1. The summed E-state index contributed by atoms with van der Waals surface area (Å²) in [5.41, 5.74) is 4.98. The predicted molar refractivity (Wildman–Crippen MR) is 83.3 cm³/mol. The Hall–Kier alpha value is -0.980. The second kappa shape index (κ2) is 6.82. The van der Waals surface area contributed by atoms with Crippen LogP contribution in [0.1, 0.15) is 69.1 Å². The Labute approximate surface area is 116 Å². The first-order valence-corrected chi connectivity index (χ1v) is 7.18. The molecule has 1 rings (SSSR count). The maximum atomic E-state index is 4.82. The maximum Gasteiger partial charge on any atom is 0.0809 e. The summed E-state index contributed by atoms with van der Waals surface area (Å²) in [4.78, 5) is 4.35. The molecule has 0 saturated carbocycles. The molecule has 98 valence electrons. The van der Waals surface area contributed by atoms with Crippen LogP contribution in [-0.4, -0.2) is 5.16 Å². The van der Waals surface area contributed by atoms with E-state index in [1.165, 1.54) is 16.7 Å². The van der Waals surface area contributed by atoms with Crippen molar-refractivity contribution in [1.82, 2.24) is 0 Å². The Balaban J connectivity index is 3.49. The topological polar surface area (TPSA) is 12.4 Å². The number of nitrogens with zero attached hydrogens (tertiary/aromatic N) is 1. The fourth-order valence-corrected chi connectivity index (χ4v) is 2.29. The van der Waals surface area contributed by atoms with Gasteiger partial charge in [-0.05, 0) is 54.9 Å². The van der Waals surface area contributed by atoms with E-state index in [4.69, 9.17) is 12.2 Å². The van der Waals surface area contributed by atoms with Crippen LogP contribution in [0.3, 0.4) is 0 Å². The molecule has 1 nitrogen and oxygen atoms in total. The minimum atomic E-state index is 0.509. The van der Waals surface area contributed by atoms with E-state index in [1.807, 2.05) is 0 Å². The highest BCUT2D eigenvalue weighted by Gasteiger charge is 2.16. The molecule has 0 bridgehead atoms. The van der Waals surface area contributed by atoms with Crippen LogP contribution in [0.2, 0.25) is 0 Å². The van der Waals surface area contributed by atoms with E-state index < -0.39 is 0 Å². The Bertz CT molecular complexity index is 427. The van der Waals surface area contributed by atoms with Gasteiger partial charge in [-0.15, -0.1) is 0 Å². The molecule has 0 aromatic heterocycles. The Morgan fingerprint density at radius 1 is 1.11 bits per heavy atom. The average Bonchev–Trinajstić information content (AvgIpc) is 2.38. The molecular weight excluding hydrogens is 238 g/mol. The summed E-state index contributed by atoms with van der Waals surface area (Å²) in [7, 11) is 0. The molecule has 0 saturated heterocycles. The fourth-order valence-electron chi connectivity index (χ4n) is 2.20.